The SMILES string of the molecule is O=C(O)Cc1cn2[nH]c(-c3cccc(F)c3)cc2n1. The summed E-state index contributed by atoms with van der Waals surface area (Å²) in [7, 11) is 0. The van der Waals surface area contributed by atoms with Gasteiger partial charge in [-0.05, 0) is 12.1 Å². The molecule has 3 aromatic rings. The zero-order chi connectivity index (χ0) is 13.4. The first kappa shape index (κ1) is 11.5. The van der Waals surface area contributed by atoms with Crippen molar-refractivity contribution >= 4 is 11.6 Å². The average Bonchev–Trinajstić information content (AvgIpc) is 2.85. The Labute approximate surface area is 107 Å². The maximum absolute atomic E-state index is 13.1. The van der Waals surface area contributed by atoms with Crippen LogP contribution in [0, 0.1) is 5.82 Å². The van der Waals surface area contributed by atoms with E-state index in [0.29, 0.717) is 16.9 Å². The highest BCUT2D eigenvalue weighted by Gasteiger charge is 2.09. The summed E-state index contributed by atoms with van der Waals surface area (Å²) < 4.78 is 14.8. The Balaban J connectivity index is 1.99. The number of rotatable bonds is 3. The standard InChI is InChI=1S/C13H10FN3O2/c14-9-3-1-2-8(4-9)11-6-12-15-10(5-13(18)19)7-17(12)16-11/h1-4,6-7,16H,5H2,(H,18,19). The number of carboxylic acid groups (broad SMARTS) is 1. The lowest BCUT2D eigenvalue weighted by molar-refractivity contribution is -0.136. The molecule has 6 heteroatoms. The maximum Gasteiger partial charge on any atom is 0.309 e. The summed E-state index contributed by atoms with van der Waals surface area (Å²) in [6.45, 7) is 0. The maximum atomic E-state index is 13.1. The predicted octanol–water partition coefficient (Wildman–Crippen LogP) is 2.10. The van der Waals surface area contributed by atoms with E-state index in [4.69, 9.17) is 5.11 Å². The van der Waals surface area contributed by atoms with Crippen molar-refractivity contribution in [1.82, 2.24) is 14.6 Å². The molecule has 0 atom stereocenters. The number of halogens is 1. The third-order valence-electron chi connectivity index (χ3n) is 2.77. The number of aliphatic carboxylic acids is 1. The molecule has 0 radical (unpaired) electrons. The zero-order valence-electron chi connectivity index (χ0n) is 9.80. The Morgan fingerprint density at radius 3 is 2.95 bits per heavy atom. The molecule has 0 fully saturated rings. The largest absolute Gasteiger partial charge is 0.481 e. The topological polar surface area (TPSA) is 70.4 Å². The molecule has 0 saturated carbocycles. The number of H-pyrrole nitrogens is 1. The van der Waals surface area contributed by atoms with Gasteiger partial charge in [0.25, 0.3) is 0 Å². The smallest absolute Gasteiger partial charge is 0.309 e. The summed E-state index contributed by atoms with van der Waals surface area (Å²) in [5, 5.41) is 11.7. The summed E-state index contributed by atoms with van der Waals surface area (Å²) in [5.74, 6) is -1.23. The Kier molecular flexibility index (Phi) is 2.56. The van der Waals surface area contributed by atoms with Gasteiger partial charge in [-0.3, -0.25) is 9.89 Å². The van der Waals surface area contributed by atoms with Crippen LogP contribution in [0.2, 0.25) is 0 Å². The lowest BCUT2D eigenvalue weighted by Gasteiger charge is -1.96. The number of hydrogen-bond donors (Lipinski definition) is 2. The number of hydrogen-bond acceptors (Lipinski definition) is 2. The van der Waals surface area contributed by atoms with Crippen molar-refractivity contribution < 1.29 is 14.3 Å². The summed E-state index contributed by atoms with van der Waals surface area (Å²) in [6, 6.07) is 7.96. The molecule has 0 aliphatic carbocycles. The van der Waals surface area contributed by atoms with E-state index in [2.05, 4.69) is 10.1 Å². The molecule has 2 heterocycles. The van der Waals surface area contributed by atoms with Gasteiger partial charge in [-0.15, -0.1) is 0 Å². The highest BCUT2D eigenvalue weighted by molar-refractivity contribution is 5.70. The van der Waals surface area contributed by atoms with E-state index in [0.717, 1.165) is 5.69 Å². The van der Waals surface area contributed by atoms with Crippen LogP contribution in [0.4, 0.5) is 4.39 Å². The van der Waals surface area contributed by atoms with Crippen LogP contribution in [0.5, 0.6) is 0 Å². The molecular weight excluding hydrogens is 249 g/mol. The molecule has 0 amide bonds. The molecule has 0 bridgehead atoms. The van der Waals surface area contributed by atoms with Gasteiger partial charge < -0.3 is 5.11 Å². The number of imidazole rings is 1. The summed E-state index contributed by atoms with van der Waals surface area (Å²) in [5.41, 5.74) is 2.52. The first-order valence-electron chi connectivity index (χ1n) is 5.66. The fraction of sp³-hybridized carbons (Fsp3) is 0.0769. The van der Waals surface area contributed by atoms with Crippen LogP contribution in [0.1, 0.15) is 5.69 Å². The van der Waals surface area contributed by atoms with Gasteiger partial charge in [0.05, 0.1) is 24.0 Å². The van der Waals surface area contributed by atoms with Gasteiger partial charge >= 0.3 is 5.97 Å². The van der Waals surface area contributed by atoms with E-state index in [9.17, 15) is 9.18 Å². The molecule has 0 spiro atoms. The van der Waals surface area contributed by atoms with Crippen molar-refractivity contribution in [2.24, 2.45) is 0 Å². The average molecular weight is 259 g/mol. The molecule has 0 aliphatic heterocycles. The van der Waals surface area contributed by atoms with Crippen LogP contribution in [0.25, 0.3) is 16.9 Å². The van der Waals surface area contributed by atoms with E-state index < -0.39 is 5.97 Å². The van der Waals surface area contributed by atoms with Gasteiger partial charge in [0, 0.05) is 11.6 Å². The molecule has 2 N–H and O–H groups in total. The van der Waals surface area contributed by atoms with Crippen LogP contribution in [0.3, 0.4) is 0 Å². The summed E-state index contributed by atoms with van der Waals surface area (Å²) in [4.78, 5) is 14.8. The number of aromatic amines is 1. The Hall–Kier alpha value is -2.63. The molecule has 96 valence electrons. The van der Waals surface area contributed by atoms with Crippen molar-refractivity contribution in [3.8, 4) is 11.3 Å². The van der Waals surface area contributed by atoms with Crippen molar-refractivity contribution in [1.29, 1.82) is 0 Å². The molecular formula is C13H10FN3O2. The van der Waals surface area contributed by atoms with Gasteiger partial charge in [0.1, 0.15) is 5.82 Å². The molecule has 1 aromatic carbocycles. The van der Waals surface area contributed by atoms with Crippen LogP contribution >= 0.6 is 0 Å². The number of carbonyl (C=O) groups is 1. The van der Waals surface area contributed by atoms with E-state index in [1.165, 1.54) is 12.1 Å². The lowest BCUT2D eigenvalue weighted by atomic mass is 10.1. The zero-order valence-corrected chi connectivity index (χ0v) is 9.80. The quantitative estimate of drug-likeness (QED) is 0.756. The number of benzene rings is 1. The molecule has 0 unspecified atom stereocenters. The lowest BCUT2D eigenvalue weighted by Crippen LogP contribution is -1.99. The summed E-state index contributed by atoms with van der Waals surface area (Å²) in [6.07, 6.45) is 1.50. The van der Waals surface area contributed by atoms with E-state index in [-0.39, 0.29) is 12.2 Å². The number of nitrogens with zero attached hydrogens (tertiary/aromatic N) is 2. The Morgan fingerprint density at radius 1 is 1.42 bits per heavy atom. The summed E-state index contributed by atoms with van der Waals surface area (Å²) >= 11 is 0. The predicted molar refractivity (Wildman–Crippen MR) is 66.3 cm³/mol. The van der Waals surface area contributed by atoms with Crippen LogP contribution < -0.4 is 0 Å². The highest BCUT2D eigenvalue weighted by atomic mass is 19.1. The second-order valence-corrected chi connectivity index (χ2v) is 4.21. The molecule has 19 heavy (non-hydrogen) atoms. The van der Waals surface area contributed by atoms with Gasteiger partial charge in [0.2, 0.25) is 0 Å². The van der Waals surface area contributed by atoms with Crippen LogP contribution in [-0.2, 0) is 11.2 Å². The number of nitrogens with one attached hydrogen (secondary N) is 1. The molecule has 0 aliphatic rings. The molecule has 3 rings (SSSR count). The van der Waals surface area contributed by atoms with Gasteiger partial charge in [0.15, 0.2) is 5.65 Å². The molecule has 5 nitrogen and oxygen atoms in total. The minimum absolute atomic E-state index is 0.120. The van der Waals surface area contributed by atoms with Crippen molar-refractivity contribution in [3.63, 3.8) is 0 Å². The second kappa shape index (κ2) is 4.24. The van der Waals surface area contributed by atoms with Crippen molar-refractivity contribution in [2.45, 2.75) is 6.42 Å². The Bertz CT molecular complexity index is 729. The van der Waals surface area contributed by atoms with Crippen LogP contribution in [0.15, 0.2) is 36.5 Å². The fourth-order valence-corrected chi connectivity index (χ4v) is 1.97. The fourth-order valence-electron chi connectivity index (χ4n) is 1.97. The first-order chi connectivity index (χ1) is 9.11. The normalized spacial score (nSPS) is 11.0. The second-order valence-electron chi connectivity index (χ2n) is 4.21. The minimum atomic E-state index is -0.925. The minimum Gasteiger partial charge on any atom is -0.481 e. The molecule has 0 saturated heterocycles. The number of aromatic nitrogens is 3. The van der Waals surface area contributed by atoms with Crippen molar-refractivity contribution in [2.75, 3.05) is 0 Å². The van der Waals surface area contributed by atoms with Gasteiger partial charge in [-0.25, -0.2) is 13.9 Å². The van der Waals surface area contributed by atoms with Crippen LogP contribution in [-0.4, -0.2) is 25.7 Å². The third-order valence-corrected chi connectivity index (χ3v) is 2.77. The van der Waals surface area contributed by atoms with E-state index >= 15 is 0 Å². The number of carboxylic acids is 1. The van der Waals surface area contributed by atoms with Gasteiger partial charge in [-0.1, -0.05) is 12.1 Å². The van der Waals surface area contributed by atoms with E-state index in [1.54, 1.807) is 28.9 Å². The number of fused-ring (bicyclic) bond motifs is 1. The highest BCUT2D eigenvalue weighted by Crippen LogP contribution is 2.20. The molecule has 2 aromatic heterocycles. The monoisotopic (exact) mass is 259 g/mol. The third kappa shape index (κ3) is 2.20. The van der Waals surface area contributed by atoms with Crippen molar-refractivity contribution in [3.05, 3.63) is 48.0 Å². The van der Waals surface area contributed by atoms with E-state index in [1.807, 2.05) is 0 Å². The van der Waals surface area contributed by atoms with Gasteiger partial charge in [-0.2, -0.15) is 0 Å². The Morgan fingerprint density at radius 2 is 2.26 bits per heavy atom. The first-order valence-corrected chi connectivity index (χ1v) is 5.66.